The van der Waals surface area contributed by atoms with Gasteiger partial charge in [0.25, 0.3) is 0 Å². The number of aryl methyl sites for hydroxylation is 2. The normalized spacial score (nSPS) is 12.0. The van der Waals surface area contributed by atoms with E-state index in [-0.39, 0.29) is 17.1 Å². The summed E-state index contributed by atoms with van der Waals surface area (Å²) in [7, 11) is -0.337. The van der Waals surface area contributed by atoms with E-state index in [1.165, 1.54) is 23.5 Å². The number of hydrogen-bond donors (Lipinski definition) is 1. The van der Waals surface area contributed by atoms with Crippen molar-refractivity contribution in [2.45, 2.75) is 18.4 Å². The zero-order chi connectivity index (χ0) is 15.8. The van der Waals surface area contributed by atoms with Crippen LogP contribution < -0.4 is 5.73 Å². The number of hydrogen-bond acceptors (Lipinski definition) is 4. The fourth-order valence-corrected chi connectivity index (χ4v) is 3.38. The molecule has 2 N–H and O–H groups in total. The van der Waals surface area contributed by atoms with Gasteiger partial charge in [-0.15, -0.1) is 0 Å². The number of nitrogen functional groups attached to an aromatic ring is 1. The molecule has 0 unspecified atom stereocenters. The number of nitrogens with two attached hydrogens (primary N) is 1. The van der Waals surface area contributed by atoms with Crippen LogP contribution in [0.2, 0.25) is 5.02 Å². The minimum absolute atomic E-state index is 0.133. The molecule has 2 rings (SSSR count). The maximum absolute atomic E-state index is 12.6. The highest BCUT2D eigenvalue weighted by atomic mass is 35.5. The first-order valence-corrected chi connectivity index (χ1v) is 8.03. The van der Waals surface area contributed by atoms with Crippen molar-refractivity contribution in [2.24, 2.45) is 7.05 Å². The third-order valence-electron chi connectivity index (χ3n) is 3.13. The standard InChI is InChI=1S/C13H17ClN4O2S/c1-9-4-11(5-12(15)13(9)14)21(19,20)18(3)8-10-6-16-17(2)7-10/h4-7H,8,15H2,1-3H3. The van der Waals surface area contributed by atoms with Crippen molar-refractivity contribution in [3.63, 3.8) is 0 Å². The second-order valence-corrected chi connectivity index (χ2v) is 7.35. The van der Waals surface area contributed by atoms with E-state index in [9.17, 15) is 8.42 Å². The molecular weight excluding hydrogens is 312 g/mol. The smallest absolute Gasteiger partial charge is 0.243 e. The molecule has 1 aromatic heterocycles. The molecule has 0 aliphatic heterocycles. The average molecular weight is 329 g/mol. The van der Waals surface area contributed by atoms with E-state index in [1.54, 1.807) is 31.0 Å². The van der Waals surface area contributed by atoms with E-state index >= 15 is 0 Å². The molecule has 21 heavy (non-hydrogen) atoms. The van der Waals surface area contributed by atoms with Gasteiger partial charge in [-0.05, 0) is 24.6 Å². The number of rotatable bonds is 4. The molecule has 0 saturated carbocycles. The van der Waals surface area contributed by atoms with Crippen molar-refractivity contribution in [3.8, 4) is 0 Å². The van der Waals surface area contributed by atoms with Gasteiger partial charge in [0.2, 0.25) is 10.0 Å². The fourth-order valence-electron chi connectivity index (χ4n) is 1.99. The van der Waals surface area contributed by atoms with Gasteiger partial charge in [-0.3, -0.25) is 4.68 Å². The van der Waals surface area contributed by atoms with Gasteiger partial charge in [0, 0.05) is 32.4 Å². The average Bonchev–Trinajstić information content (AvgIpc) is 2.80. The fraction of sp³-hybridized carbons (Fsp3) is 0.308. The number of anilines is 1. The van der Waals surface area contributed by atoms with Gasteiger partial charge in [-0.1, -0.05) is 11.6 Å². The Morgan fingerprint density at radius 1 is 1.43 bits per heavy atom. The van der Waals surface area contributed by atoms with Crippen molar-refractivity contribution in [1.29, 1.82) is 0 Å². The molecule has 114 valence electrons. The second kappa shape index (κ2) is 5.67. The number of nitrogens with zero attached hydrogens (tertiary/aromatic N) is 3. The van der Waals surface area contributed by atoms with Crippen molar-refractivity contribution < 1.29 is 8.42 Å². The topological polar surface area (TPSA) is 81.2 Å². The van der Waals surface area contributed by atoms with Gasteiger partial charge in [0.1, 0.15) is 0 Å². The van der Waals surface area contributed by atoms with Crippen molar-refractivity contribution >= 4 is 27.3 Å². The summed E-state index contributed by atoms with van der Waals surface area (Å²) in [5.74, 6) is 0. The second-order valence-electron chi connectivity index (χ2n) is 4.93. The Hall–Kier alpha value is -1.57. The van der Waals surface area contributed by atoms with E-state index in [0.717, 1.165) is 5.56 Å². The van der Waals surface area contributed by atoms with Crippen LogP contribution in [0.5, 0.6) is 0 Å². The summed E-state index contributed by atoms with van der Waals surface area (Å²) in [4.78, 5) is 0.133. The van der Waals surface area contributed by atoms with Gasteiger partial charge < -0.3 is 5.73 Å². The molecule has 8 heteroatoms. The van der Waals surface area contributed by atoms with Gasteiger partial charge in [-0.25, -0.2) is 8.42 Å². The molecule has 0 spiro atoms. The first-order valence-electron chi connectivity index (χ1n) is 6.21. The molecule has 0 saturated heterocycles. The van der Waals surface area contributed by atoms with Crippen LogP contribution >= 0.6 is 11.6 Å². The van der Waals surface area contributed by atoms with Crippen molar-refractivity contribution in [1.82, 2.24) is 14.1 Å². The zero-order valence-corrected chi connectivity index (χ0v) is 13.6. The highest BCUT2D eigenvalue weighted by molar-refractivity contribution is 7.89. The quantitative estimate of drug-likeness (QED) is 0.867. The Labute approximate surface area is 129 Å². The van der Waals surface area contributed by atoms with Gasteiger partial charge >= 0.3 is 0 Å². The summed E-state index contributed by atoms with van der Waals surface area (Å²) in [6.45, 7) is 1.95. The Morgan fingerprint density at radius 3 is 2.62 bits per heavy atom. The summed E-state index contributed by atoms with van der Waals surface area (Å²) in [6.07, 6.45) is 3.40. The predicted octanol–water partition coefficient (Wildman–Crippen LogP) is 1.78. The Bertz CT molecular complexity index is 747. The van der Waals surface area contributed by atoms with Crippen LogP contribution in [0.3, 0.4) is 0 Å². The van der Waals surface area contributed by atoms with Crippen LogP contribution in [0.4, 0.5) is 5.69 Å². The van der Waals surface area contributed by atoms with Crippen molar-refractivity contribution in [3.05, 3.63) is 40.7 Å². The molecule has 0 amide bonds. The first-order chi connectivity index (χ1) is 9.71. The van der Waals surface area contributed by atoms with E-state index < -0.39 is 10.0 Å². The molecule has 0 aliphatic rings. The number of aromatic nitrogens is 2. The maximum atomic E-state index is 12.6. The monoisotopic (exact) mass is 328 g/mol. The van der Waals surface area contributed by atoms with Crippen molar-refractivity contribution in [2.75, 3.05) is 12.8 Å². The molecular formula is C13H17ClN4O2S. The minimum Gasteiger partial charge on any atom is -0.397 e. The third-order valence-corrected chi connectivity index (χ3v) is 5.43. The maximum Gasteiger partial charge on any atom is 0.243 e. The Balaban J connectivity index is 2.33. The molecule has 1 heterocycles. The number of sulfonamides is 1. The van der Waals surface area contributed by atoms with Gasteiger partial charge in [0.05, 0.1) is 21.8 Å². The Kier molecular flexibility index (Phi) is 4.27. The molecule has 0 aliphatic carbocycles. The Morgan fingerprint density at radius 2 is 2.10 bits per heavy atom. The summed E-state index contributed by atoms with van der Waals surface area (Å²) < 4.78 is 28.0. The summed E-state index contributed by atoms with van der Waals surface area (Å²) in [5.41, 5.74) is 7.44. The lowest BCUT2D eigenvalue weighted by Crippen LogP contribution is -2.26. The predicted molar refractivity (Wildman–Crippen MR) is 82.5 cm³/mol. The highest BCUT2D eigenvalue weighted by Gasteiger charge is 2.23. The third kappa shape index (κ3) is 3.20. The molecule has 0 atom stereocenters. The van der Waals surface area contributed by atoms with Crippen LogP contribution in [0.1, 0.15) is 11.1 Å². The van der Waals surface area contributed by atoms with E-state index in [4.69, 9.17) is 17.3 Å². The lowest BCUT2D eigenvalue weighted by Gasteiger charge is -2.17. The molecule has 2 aromatic rings. The summed E-state index contributed by atoms with van der Waals surface area (Å²) in [5, 5.41) is 4.40. The zero-order valence-electron chi connectivity index (χ0n) is 12.0. The van der Waals surface area contributed by atoms with E-state index in [1.807, 2.05) is 0 Å². The largest absolute Gasteiger partial charge is 0.397 e. The molecule has 0 bridgehead atoms. The first kappa shape index (κ1) is 15.8. The lowest BCUT2D eigenvalue weighted by atomic mass is 10.2. The molecule has 0 fully saturated rings. The van der Waals surface area contributed by atoms with Crippen LogP contribution in [-0.2, 0) is 23.6 Å². The highest BCUT2D eigenvalue weighted by Crippen LogP contribution is 2.28. The van der Waals surface area contributed by atoms with Crippen LogP contribution in [-0.4, -0.2) is 29.6 Å². The van der Waals surface area contributed by atoms with Gasteiger partial charge in [-0.2, -0.15) is 9.40 Å². The SMILES string of the molecule is Cc1cc(S(=O)(=O)N(C)Cc2cnn(C)c2)cc(N)c1Cl. The van der Waals surface area contributed by atoms with Crippen LogP contribution in [0, 0.1) is 6.92 Å². The van der Waals surface area contributed by atoms with E-state index in [2.05, 4.69) is 5.10 Å². The van der Waals surface area contributed by atoms with Crippen LogP contribution in [0.25, 0.3) is 0 Å². The minimum atomic E-state index is -3.63. The van der Waals surface area contributed by atoms with Gasteiger partial charge in [0.15, 0.2) is 0 Å². The molecule has 1 aromatic carbocycles. The number of halogens is 1. The van der Waals surface area contributed by atoms with Crippen LogP contribution in [0.15, 0.2) is 29.4 Å². The lowest BCUT2D eigenvalue weighted by molar-refractivity contribution is 0.466. The van der Waals surface area contributed by atoms with E-state index in [0.29, 0.717) is 10.6 Å². The summed E-state index contributed by atoms with van der Waals surface area (Å²) in [6, 6.07) is 2.90. The molecule has 0 radical (unpaired) electrons. The summed E-state index contributed by atoms with van der Waals surface area (Å²) >= 11 is 5.97. The molecule has 6 nitrogen and oxygen atoms in total. The number of benzene rings is 1.